The van der Waals surface area contributed by atoms with Crippen LogP contribution < -0.4 is 4.74 Å². The number of hydrogen-bond acceptors (Lipinski definition) is 5. The van der Waals surface area contributed by atoms with Crippen LogP contribution in [0.4, 0.5) is 10.1 Å². The van der Waals surface area contributed by atoms with Crippen LogP contribution in [0.15, 0.2) is 18.2 Å². The fraction of sp³-hybridized carbons (Fsp3) is 0.250. The average molecular weight is 334 g/mol. The second-order valence-electron chi connectivity index (χ2n) is 5.26. The largest absolute Gasteiger partial charge is 0.478 e. The van der Waals surface area contributed by atoms with E-state index in [9.17, 15) is 24.1 Å². The van der Waals surface area contributed by atoms with Crippen LogP contribution >= 0.6 is 0 Å². The highest BCUT2D eigenvalue weighted by Gasteiger charge is 2.22. The molecule has 0 aliphatic rings. The van der Waals surface area contributed by atoms with Crippen molar-refractivity contribution in [3.63, 3.8) is 0 Å². The zero-order chi connectivity index (χ0) is 18.0. The van der Waals surface area contributed by atoms with Gasteiger partial charge in [0.1, 0.15) is 5.82 Å². The second-order valence-corrected chi connectivity index (χ2v) is 5.26. The molecule has 0 saturated carbocycles. The van der Waals surface area contributed by atoms with Crippen LogP contribution in [-0.4, -0.2) is 28.1 Å². The van der Waals surface area contributed by atoms with E-state index >= 15 is 0 Å². The van der Waals surface area contributed by atoms with Crippen LogP contribution in [0.25, 0.3) is 0 Å². The first-order valence-corrected chi connectivity index (χ1v) is 7.02. The number of ether oxygens (including phenoxy) is 1. The summed E-state index contributed by atoms with van der Waals surface area (Å²) < 4.78 is 18.4. The summed E-state index contributed by atoms with van der Waals surface area (Å²) in [5.74, 6) is -1.72. The van der Waals surface area contributed by atoms with Gasteiger partial charge in [0.05, 0.1) is 10.6 Å². The Labute approximate surface area is 136 Å². The molecule has 0 spiro atoms. The van der Waals surface area contributed by atoms with Crippen molar-refractivity contribution in [3.8, 4) is 5.75 Å². The summed E-state index contributed by atoms with van der Waals surface area (Å²) in [4.78, 5) is 36.8. The molecule has 7 nitrogen and oxygen atoms in total. The number of nitrogens with zero attached hydrogens (tertiary/aromatic N) is 1. The molecule has 1 heterocycles. The number of hydrogen-bond donors (Lipinski definition) is 1. The van der Waals surface area contributed by atoms with Crippen LogP contribution in [0.1, 0.15) is 39.0 Å². The van der Waals surface area contributed by atoms with Crippen molar-refractivity contribution in [1.29, 1.82) is 0 Å². The van der Waals surface area contributed by atoms with Crippen molar-refractivity contribution in [2.24, 2.45) is 0 Å². The van der Waals surface area contributed by atoms with Gasteiger partial charge in [0.2, 0.25) is 5.78 Å². The zero-order valence-corrected chi connectivity index (χ0v) is 13.3. The normalized spacial score (nSPS) is 10.5. The number of rotatable bonds is 6. The minimum absolute atomic E-state index is 0.179. The molecule has 0 unspecified atom stereocenters. The minimum atomic E-state index is -0.725. The third kappa shape index (κ3) is 3.32. The van der Waals surface area contributed by atoms with Crippen molar-refractivity contribution in [2.45, 2.75) is 20.8 Å². The van der Waals surface area contributed by atoms with Gasteiger partial charge in [-0.15, -0.1) is 0 Å². The summed E-state index contributed by atoms with van der Waals surface area (Å²) in [5, 5.41) is 10.9. The quantitative estimate of drug-likeness (QED) is 0.496. The Hall–Kier alpha value is -3.03. The summed E-state index contributed by atoms with van der Waals surface area (Å²) >= 11 is 0. The molecule has 126 valence electrons. The number of H-pyrrole nitrogens is 1. The van der Waals surface area contributed by atoms with Gasteiger partial charge in [-0.2, -0.15) is 0 Å². The molecule has 2 aromatic rings. The predicted molar refractivity (Wildman–Crippen MR) is 83.2 cm³/mol. The fourth-order valence-electron chi connectivity index (χ4n) is 2.53. The average Bonchev–Trinajstić information content (AvgIpc) is 2.79. The molecule has 24 heavy (non-hydrogen) atoms. The Bertz CT molecular complexity index is 841. The van der Waals surface area contributed by atoms with Gasteiger partial charge in [-0.1, -0.05) is 0 Å². The first-order valence-electron chi connectivity index (χ1n) is 7.02. The third-order valence-corrected chi connectivity index (χ3v) is 3.55. The van der Waals surface area contributed by atoms with E-state index in [1.54, 1.807) is 13.8 Å². The van der Waals surface area contributed by atoms with Gasteiger partial charge in [-0.3, -0.25) is 19.7 Å². The molecule has 0 amide bonds. The van der Waals surface area contributed by atoms with E-state index in [4.69, 9.17) is 4.74 Å². The summed E-state index contributed by atoms with van der Waals surface area (Å²) in [6.45, 7) is 4.16. The number of aromatic nitrogens is 1. The van der Waals surface area contributed by atoms with Gasteiger partial charge in [0.25, 0.3) is 0 Å². The second kappa shape index (κ2) is 6.61. The molecular formula is C16H15FN2O5. The molecule has 0 bridgehead atoms. The molecule has 0 saturated heterocycles. The lowest BCUT2D eigenvalue weighted by Crippen LogP contribution is -2.14. The zero-order valence-electron chi connectivity index (χ0n) is 13.3. The first kappa shape index (κ1) is 17.3. The van der Waals surface area contributed by atoms with Crippen LogP contribution in [0.5, 0.6) is 5.75 Å². The number of aryl methyl sites for hydroxylation is 1. The molecule has 1 aromatic heterocycles. The van der Waals surface area contributed by atoms with Gasteiger partial charge in [-0.05, 0) is 32.4 Å². The third-order valence-electron chi connectivity index (χ3n) is 3.55. The molecule has 0 atom stereocenters. The lowest BCUT2D eigenvalue weighted by Gasteiger charge is -2.06. The van der Waals surface area contributed by atoms with Crippen molar-refractivity contribution in [3.05, 3.63) is 56.6 Å². The van der Waals surface area contributed by atoms with Crippen molar-refractivity contribution in [1.82, 2.24) is 4.98 Å². The number of carbonyl (C=O) groups is 2. The van der Waals surface area contributed by atoms with E-state index in [1.807, 2.05) is 0 Å². The summed E-state index contributed by atoms with van der Waals surface area (Å²) in [6, 6.07) is 2.75. The van der Waals surface area contributed by atoms with Gasteiger partial charge < -0.3 is 9.72 Å². The van der Waals surface area contributed by atoms with Crippen molar-refractivity contribution >= 4 is 17.3 Å². The smallest absolute Gasteiger partial charge is 0.311 e. The molecule has 1 aromatic carbocycles. The standard InChI is InChI=1S/C16H15FN2O5/c1-8-15(10(3)20)9(2)18-16(8)13(21)7-24-14-6-11(17)4-5-12(14)19(22)23/h4-6,18H,7H2,1-3H3. The maximum atomic E-state index is 13.2. The molecule has 0 aliphatic heterocycles. The SMILES string of the molecule is CC(=O)c1c(C)[nH]c(C(=O)COc2cc(F)ccc2[N+](=O)[O-])c1C. The topological polar surface area (TPSA) is 102 Å². The Morgan fingerprint density at radius 2 is 2.00 bits per heavy atom. The van der Waals surface area contributed by atoms with Crippen LogP contribution in [-0.2, 0) is 0 Å². The number of aromatic amines is 1. The lowest BCUT2D eigenvalue weighted by molar-refractivity contribution is -0.385. The number of benzene rings is 1. The van der Waals surface area contributed by atoms with Crippen molar-refractivity contribution < 1.29 is 23.6 Å². The number of Topliss-reactive ketones (excluding diaryl/α,β-unsaturated/α-hetero) is 2. The van der Waals surface area contributed by atoms with Gasteiger partial charge in [0, 0.05) is 23.4 Å². The molecule has 0 radical (unpaired) electrons. The van der Waals surface area contributed by atoms with Crippen LogP contribution in [0.2, 0.25) is 0 Å². The van der Waals surface area contributed by atoms with E-state index in [2.05, 4.69) is 4.98 Å². The highest BCUT2D eigenvalue weighted by Crippen LogP contribution is 2.28. The Morgan fingerprint density at radius 1 is 1.33 bits per heavy atom. The minimum Gasteiger partial charge on any atom is -0.478 e. The van der Waals surface area contributed by atoms with E-state index in [1.165, 1.54) is 6.92 Å². The molecule has 0 fully saturated rings. The number of nitrogens with one attached hydrogen (secondary N) is 1. The van der Waals surface area contributed by atoms with Crippen LogP contribution in [0, 0.1) is 29.8 Å². The Balaban J connectivity index is 2.24. The van der Waals surface area contributed by atoms with E-state index in [-0.39, 0.29) is 17.2 Å². The predicted octanol–water partition coefficient (Wildman–Crippen LogP) is 3.14. The maximum Gasteiger partial charge on any atom is 0.311 e. The highest BCUT2D eigenvalue weighted by atomic mass is 19.1. The van der Waals surface area contributed by atoms with Gasteiger partial charge in [0.15, 0.2) is 18.1 Å². The van der Waals surface area contributed by atoms with Gasteiger partial charge >= 0.3 is 5.69 Å². The van der Waals surface area contributed by atoms with E-state index < -0.39 is 28.8 Å². The van der Waals surface area contributed by atoms with Crippen molar-refractivity contribution in [2.75, 3.05) is 6.61 Å². The monoisotopic (exact) mass is 334 g/mol. The summed E-state index contributed by atoms with van der Waals surface area (Å²) in [5.41, 5.74) is 1.22. The van der Waals surface area contributed by atoms with Gasteiger partial charge in [-0.25, -0.2) is 4.39 Å². The number of carbonyl (C=O) groups excluding carboxylic acids is 2. The molecule has 0 aliphatic carbocycles. The highest BCUT2D eigenvalue weighted by molar-refractivity contribution is 6.03. The van der Waals surface area contributed by atoms with E-state index in [0.29, 0.717) is 16.8 Å². The number of halogens is 1. The number of nitro benzene ring substituents is 1. The fourth-order valence-corrected chi connectivity index (χ4v) is 2.53. The number of ketones is 2. The molecule has 2 rings (SSSR count). The summed E-state index contributed by atoms with van der Waals surface area (Å²) in [6.07, 6.45) is 0. The summed E-state index contributed by atoms with van der Waals surface area (Å²) in [7, 11) is 0. The van der Waals surface area contributed by atoms with E-state index in [0.717, 1.165) is 18.2 Å². The maximum absolute atomic E-state index is 13.2. The molecule has 1 N–H and O–H groups in total. The molecule has 8 heteroatoms. The Morgan fingerprint density at radius 3 is 2.54 bits per heavy atom. The first-order chi connectivity index (χ1) is 11.2. The molecular weight excluding hydrogens is 319 g/mol. The lowest BCUT2D eigenvalue weighted by atomic mass is 10.1. The number of nitro groups is 1. The van der Waals surface area contributed by atoms with Crippen LogP contribution in [0.3, 0.4) is 0 Å². The Kier molecular flexibility index (Phi) is 4.77.